The highest BCUT2D eigenvalue weighted by molar-refractivity contribution is 5.31. The van der Waals surface area contributed by atoms with E-state index in [1.54, 1.807) is 12.1 Å². The molecule has 1 N–H and O–H groups in total. The summed E-state index contributed by atoms with van der Waals surface area (Å²) in [5.74, 6) is -0.327. The molecule has 0 aromatic heterocycles. The third-order valence-corrected chi connectivity index (χ3v) is 3.76. The fourth-order valence-corrected chi connectivity index (χ4v) is 2.72. The predicted octanol–water partition coefficient (Wildman–Crippen LogP) is 3.56. The monoisotopic (exact) mass is 272 g/mol. The van der Waals surface area contributed by atoms with Crippen LogP contribution in [0.4, 0.5) is 4.39 Å². The summed E-state index contributed by atoms with van der Waals surface area (Å²) in [6, 6.07) is 14.2. The van der Waals surface area contributed by atoms with Crippen molar-refractivity contribution in [3.8, 4) is 0 Å². The van der Waals surface area contributed by atoms with Crippen molar-refractivity contribution < 1.29 is 14.2 Å². The molecule has 0 radical (unpaired) electrons. The van der Waals surface area contributed by atoms with E-state index in [1.165, 1.54) is 17.7 Å². The Bertz CT molecular complexity index is 597. The van der Waals surface area contributed by atoms with Gasteiger partial charge in [-0.15, -0.1) is 0 Å². The number of fused-ring (bicyclic) bond motifs is 1. The largest absolute Gasteiger partial charge is 0.388 e. The molecule has 3 heteroatoms. The number of ether oxygens (including phenoxy) is 1. The lowest BCUT2D eigenvalue weighted by molar-refractivity contribution is 0.00371. The van der Waals surface area contributed by atoms with Crippen molar-refractivity contribution in [2.45, 2.75) is 25.0 Å². The first-order valence-corrected chi connectivity index (χ1v) is 6.87. The van der Waals surface area contributed by atoms with E-state index in [2.05, 4.69) is 6.07 Å². The normalized spacial score (nSPS) is 19.4. The first-order valence-electron chi connectivity index (χ1n) is 6.87. The van der Waals surface area contributed by atoms with Crippen molar-refractivity contribution in [1.29, 1.82) is 0 Å². The van der Waals surface area contributed by atoms with Crippen molar-refractivity contribution in [1.82, 2.24) is 0 Å². The summed E-state index contributed by atoms with van der Waals surface area (Å²) in [5.41, 5.74) is 3.00. The van der Waals surface area contributed by atoms with Crippen LogP contribution in [0.3, 0.4) is 0 Å². The van der Waals surface area contributed by atoms with Gasteiger partial charge in [0, 0.05) is 6.42 Å². The molecular weight excluding hydrogens is 255 g/mol. The van der Waals surface area contributed by atoms with Gasteiger partial charge in [-0.1, -0.05) is 36.4 Å². The third-order valence-electron chi connectivity index (χ3n) is 3.76. The number of rotatable bonds is 3. The van der Waals surface area contributed by atoms with Gasteiger partial charge in [-0.05, 0) is 35.2 Å². The van der Waals surface area contributed by atoms with E-state index in [0.717, 1.165) is 12.0 Å². The van der Waals surface area contributed by atoms with Gasteiger partial charge in [0.2, 0.25) is 0 Å². The standard InChI is InChI=1S/C17H17FO2/c18-14-6-3-5-13(10-14)16(19)11-17-15-7-2-1-4-12(15)8-9-20-17/h1-7,10,16-17,19H,8-9,11H2. The molecule has 2 unspecified atom stereocenters. The summed E-state index contributed by atoms with van der Waals surface area (Å²) in [4.78, 5) is 0. The molecule has 0 fully saturated rings. The Morgan fingerprint density at radius 2 is 2.05 bits per heavy atom. The minimum atomic E-state index is -0.721. The lowest BCUT2D eigenvalue weighted by Crippen LogP contribution is -2.18. The van der Waals surface area contributed by atoms with E-state index in [1.807, 2.05) is 18.2 Å². The lowest BCUT2D eigenvalue weighted by Gasteiger charge is -2.27. The van der Waals surface area contributed by atoms with Crippen LogP contribution in [0, 0.1) is 5.82 Å². The first kappa shape index (κ1) is 13.3. The lowest BCUT2D eigenvalue weighted by atomic mass is 9.92. The number of hydrogen-bond acceptors (Lipinski definition) is 2. The van der Waals surface area contributed by atoms with E-state index >= 15 is 0 Å². The van der Waals surface area contributed by atoms with Gasteiger partial charge in [-0.2, -0.15) is 0 Å². The molecule has 0 bridgehead atoms. The SMILES string of the molecule is OC(CC1OCCc2ccccc21)c1cccc(F)c1. The summed E-state index contributed by atoms with van der Waals surface area (Å²) in [5, 5.41) is 10.3. The van der Waals surface area contributed by atoms with Crippen LogP contribution in [0.2, 0.25) is 0 Å². The van der Waals surface area contributed by atoms with Gasteiger partial charge in [0.1, 0.15) is 5.82 Å². The van der Waals surface area contributed by atoms with E-state index in [9.17, 15) is 9.50 Å². The van der Waals surface area contributed by atoms with Crippen LogP contribution in [-0.2, 0) is 11.2 Å². The number of benzene rings is 2. The van der Waals surface area contributed by atoms with Crippen molar-refractivity contribution in [2.24, 2.45) is 0 Å². The maximum absolute atomic E-state index is 13.2. The maximum Gasteiger partial charge on any atom is 0.123 e. The molecule has 20 heavy (non-hydrogen) atoms. The van der Waals surface area contributed by atoms with Crippen LogP contribution in [0.15, 0.2) is 48.5 Å². The Morgan fingerprint density at radius 3 is 2.90 bits per heavy atom. The zero-order valence-electron chi connectivity index (χ0n) is 11.1. The molecule has 2 nitrogen and oxygen atoms in total. The third kappa shape index (κ3) is 2.74. The van der Waals surface area contributed by atoms with Crippen LogP contribution in [0.5, 0.6) is 0 Å². The Morgan fingerprint density at radius 1 is 1.20 bits per heavy atom. The molecule has 0 amide bonds. The molecule has 3 rings (SSSR count). The summed E-state index contributed by atoms with van der Waals surface area (Å²) < 4.78 is 19.0. The van der Waals surface area contributed by atoms with Crippen molar-refractivity contribution >= 4 is 0 Å². The topological polar surface area (TPSA) is 29.5 Å². The molecule has 1 heterocycles. The highest BCUT2D eigenvalue weighted by Crippen LogP contribution is 2.34. The quantitative estimate of drug-likeness (QED) is 0.925. The molecule has 0 spiro atoms. The zero-order chi connectivity index (χ0) is 13.9. The second kappa shape index (κ2) is 5.73. The number of aliphatic hydroxyl groups excluding tert-OH is 1. The van der Waals surface area contributed by atoms with E-state index in [0.29, 0.717) is 18.6 Å². The second-order valence-electron chi connectivity index (χ2n) is 5.11. The molecule has 0 saturated carbocycles. The minimum absolute atomic E-state index is 0.127. The van der Waals surface area contributed by atoms with E-state index in [-0.39, 0.29) is 11.9 Å². The molecule has 2 aromatic rings. The fourth-order valence-electron chi connectivity index (χ4n) is 2.72. The number of aliphatic hydroxyl groups is 1. The van der Waals surface area contributed by atoms with Crippen LogP contribution >= 0.6 is 0 Å². The fraction of sp³-hybridized carbons (Fsp3) is 0.294. The molecule has 2 aromatic carbocycles. The summed E-state index contributed by atoms with van der Waals surface area (Å²) in [7, 11) is 0. The van der Waals surface area contributed by atoms with Gasteiger partial charge >= 0.3 is 0 Å². The van der Waals surface area contributed by atoms with Crippen LogP contribution in [-0.4, -0.2) is 11.7 Å². The molecule has 104 valence electrons. The summed E-state index contributed by atoms with van der Waals surface area (Å²) in [6.07, 6.45) is 0.503. The number of hydrogen-bond donors (Lipinski definition) is 1. The Balaban J connectivity index is 1.79. The first-order chi connectivity index (χ1) is 9.74. The molecule has 1 aliphatic heterocycles. The average molecular weight is 272 g/mol. The smallest absolute Gasteiger partial charge is 0.123 e. The highest BCUT2D eigenvalue weighted by Gasteiger charge is 2.23. The van der Waals surface area contributed by atoms with Crippen LogP contribution in [0.1, 0.15) is 35.3 Å². The zero-order valence-corrected chi connectivity index (χ0v) is 11.1. The minimum Gasteiger partial charge on any atom is -0.388 e. The van der Waals surface area contributed by atoms with Gasteiger partial charge in [0.15, 0.2) is 0 Å². The molecule has 0 saturated heterocycles. The van der Waals surface area contributed by atoms with Crippen molar-refractivity contribution in [3.63, 3.8) is 0 Å². The van der Waals surface area contributed by atoms with Crippen LogP contribution < -0.4 is 0 Å². The van der Waals surface area contributed by atoms with Gasteiger partial charge in [0.25, 0.3) is 0 Å². The van der Waals surface area contributed by atoms with Gasteiger partial charge in [-0.25, -0.2) is 4.39 Å². The van der Waals surface area contributed by atoms with Crippen molar-refractivity contribution in [2.75, 3.05) is 6.61 Å². The Labute approximate surface area is 117 Å². The van der Waals surface area contributed by atoms with Gasteiger partial charge in [0.05, 0.1) is 18.8 Å². The van der Waals surface area contributed by atoms with Gasteiger partial charge < -0.3 is 9.84 Å². The van der Waals surface area contributed by atoms with Crippen molar-refractivity contribution in [3.05, 3.63) is 71.0 Å². The second-order valence-corrected chi connectivity index (χ2v) is 5.11. The molecule has 1 aliphatic rings. The number of halogens is 1. The average Bonchev–Trinajstić information content (AvgIpc) is 2.47. The van der Waals surface area contributed by atoms with Crippen LogP contribution in [0.25, 0.3) is 0 Å². The molecule has 0 aliphatic carbocycles. The maximum atomic E-state index is 13.2. The Hall–Kier alpha value is -1.71. The predicted molar refractivity (Wildman–Crippen MR) is 74.8 cm³/mol. The van der Waals surface area contributed by atoms with Gasteiger partial charge in [-0.3, -0.25) is 0 Å². The molecule has 2 atom stereocenters. The summed E-state index contributed by atoms with van der Waals surface area (Å²) in [6.45, 7) is 0.664. The van der Waals surface area contributed by atoms with E-state index < -0.39 is 6.10 Å². The Kier molecular flexibility index (Phi) is 3.81. The molecular formula is C17H17FO2. The highest BCUT2D eigenvalue weighted by atomic mass is 19.1. The summed E-state index contributed by atoms with van der Waals surface area (Å²) >= 11 is 0. The van der Waals surface area contributed by atoms with E-state index in [4.69, 9.17) is 4.74 Å².